The van der Waals surface area contributed by atoms with E-state index < -0.39 is 0 Å². The van der Waals surface area contributed by atoms with Gasteiger partial charge in [-0.25, -0.2) is 9.78 Å². The molecule has 1 saturated carbocycles. The molecule has 2 fully saturated rings. The van der Waals surface area contributed by atoms with Crippen molar-refractivity contribution in [3.63, 3.8) is 0 Å². The molecule has 2 aliphatic rings. The SMILES string of the molecule is CC(C)(C)C1CCCCC1OC(=O)N1CCN(Cc2cncn2Cc2ccc(C#N)cc2)CC1. The quantitative estimate of drug-likeness (QED) is 0.645. The molecule has 7 heteroatoms. The molecule has 1 saturated heterocycles. The first-order chi connectivity index (χ1) is 16.3. The highest BCUT2D eigenvalue weighted by atomic mass is 16.6. The fraction of sp³-hybridized carbons (Fsp3) is 0.593. The van der Waals surface area contributed by atoms with Gasteiger partial charge in [0.05, 0.1) is 23.7 Å². The number of hydrogen-bond donors (Lipinski definition) is 0. The Bertz CT molecular complexity index is 993. The van der Waals surface area contributed by atoms with Crippen LogP contribution in [0.25, 0.3) is 0 Å². The first kappa shape index (κ1) is 24.3. The van der Waals surface area contributed by atoms with Gasteiger partial charge in [-0.2, -0.15) is 5.26 Å². The lowest BCUT2D eigenvalue weighted by Crippen LogP contribution is -2.50. The van der Waals surface area contributed by atoms with Crippen LogP contribution in [0.4, 0.5) is 4.79 Å². The molecule has 0 bridgehead atoms. The standard InChI is InChI=1S/C27H37N5O2/c1-27(2,3)24-6-4-5-7-25(24)34-26(33)31-14-12-30(13-15-31)19-23-17-29-20-32(23)18-22-10-8-21(16-28)9-11-22/h8-11,17,20,24-25H,4-7,12-15,18-19H2,1-3H3. The van der Waals surface area contributed by atoms with E-state index in [0.29, 0.717) is 24.6 Å². The Morgan fingerprint density at radius 3 is 2.47 bits per heavy atom. The van der Waals surface area contributed by atoms with E-state index in [1.54, 1.807) is 0 Å². The van der Waals surface area contributed by atoms with Crippen LogP contribution in [0.1, 0.15) is 63.3 Å². The third kappa shape index (κ3) is 5.98. The van der Waals surface area contributed by atoms with E-state index in [1.807, 2.05) is 41.7 Å². The van der Waals surface area contributed by atoms with Crippen molar-refractivity contribution in [1.29, 1.82) is 5.26 Å². The Labute approximate surface area is 203 Å². The number of nitrogens with zero attached hydrogens (tertiary/aromatic N) is 5. The molecular formula is C27H37N5O2. The Kier molecular flexibility index (Phi) is 7.57. The van der Waals surface area contributed by atoms with E-state index in [0.717, 1.165) is 56.7 Å². The monoisotopic (exact) mass is 463 g/mol. The summed E-state index contributed by atoms with van der Waals surface area (Å²) in [5, 5.41) is 8.99. The summed E-state index contributed by atoms with van der Waals surface area (Å²) < 4.78 is 8.20. The van der Waals surface area contributed by atoms with Crippen LogP contribution in [0.5, 0.6) is 0 Å². The number of nitriles is 1. The molecule has 1 aromatic carbocycles. The van der Waals surface area contributed by atoms with Crippen molar-refractivity contribution in [2.24, 2.45) is 11.3 Å². The van der Waals surface area contributed by atoms with Crippen LogP contribution in [0.15, 0.2) is 36.8 Å². The molecule has 0 spiro atoms. The lowest BCUT2D eigenvalue weighted by molar-refractivity contribution is -0.0249. The number of carbonyl (C=O) groups is 1. The number of ether oxygens (including phenoxy) is 1. The molecular weight excluding hydrogens is 426 g/mol. The van der Waals surface area contributed by atoms with Gasteiger partial charge in [0.1, 0.15) is 6.10 Å². The number of imidazole rings is 1. The molecule has 2 heterocycles. The summed E-state index contributed by atoms with van der Waals surface area (Å²) in [5.74, 6) is 0.433. The van der Waals surface area contributed by atoms with Crippen LogP contribution in [-0.4, -0.2) is 57.7 Å². The van der Waals surface area contributed by atoms with E-state index in [4.69, 9.17) is 10.00 Å². The zero-order chi connectivity index (χ0) is 24.1. The third-order valence-electron chi connectivity index (χ3n) is 7.32. The van der Waals surface area contributed by atoms with Crippen LogP contribution in [0.2, 0.25) is 0 Å². The largest absolute Gasteiger partial charge is 0.446 e. The molecule has 1 aliphatic carbocycles. The number of benzene rings is 1. The highest BCUT2D eigenvalue weighted by Gasteiger charge is 2.37. The molecule has 2 unspecified atom stereocenters. The zero-order valence-electron chi connectivity index (χ0n) is 20.7. The van der Waals surface area contributed by atoms with E-state index in [2.05, 4.69) is 41.3 Å². The Balaban J connectivity index is 1.28. The Morgan fingerprint density at radius 2 is 1.79 bits per heavy atom. The number of rotatable bonds is 5. The third-order valence-corrected chi connectivity index (χ3v) is 7.32. The van der Waals surface area contributed by atoms with Gasteiger partial charge in [0, 0.05) is 51.4 Å². The fourth-order valence-electron chi connectivity index (χ4n) is 5.25. The van der Waals surface area contributed by atoms with Gasteiger partial charge in [-0.05, 0) is 42.4 Å². The summed E-state index contributed by atoms with van der Waals surface area (Å²) in [7, 11) is 0. The predicted molar refractivity (Wildman–Crippen MR) is 131 cm³/mol. The number of amides is 1. The van der Waals surface area contributed by atoms with Crippen molar-refractivity contribution < 1.29 is 9.53 Å². The number of hydrogen-bond acceptors (Lipinski definition) is 5. The number of piperazine rings is 1. The molecule has 2 atom stereocenters. The van der Waals surface area contributed by atoms with Crippen molar-refractivity contribution in [1.82, 2.24) is 19.4 Å². The smallest absolute Gasteiger partial charge is 0.410 e. The van der Waals surface area contributed by atoms with E-state index in [1.165, 1.54) is 6.42 Å². The Morgan fingerprint density at radius 1 is 1.09 bits per heavy atom. The zero-order valence-corrected chi connectivity index (χ0v) is 20.7. The van der Waals surface area contributed by atoms with Gasteiger partial charge in [-0.15, -0.1) is 0 Å². The lowest BCUT2D eigenvalue weighted by atomic mass is 9.71. The summed E-state index contributed by atoms with van der Waals surface area (Å²) in [6, 6.07) is 9.83. The summed E-state index contributed by atoms with van der Waals surface area (Å²) in [4.78, 5) is 21.5. The molecule has 1 aliphatic heterocycles. The van der Waals surface area contributed by atoms with E-state index in [-0.39, 0.29) is 17.6 Å². The van der Waals surface area contributed by atoms with Gasteiger partial charge in [0.2, 0.25) is 0 Å². The minimum atomic E-state index is -0.147. The second-order valence-electron chi connectivity index (χ2n) is 10.8. The maximum atomic E-state index is 12.9. The minimum Gasteiger partial charge on any atom is -0.446 e. The maximum absolute atomic E-state index is 12.9. The van der Waals surface area contributed by atoms with Crippen LogP contribution in [0.3, 0.4) is 0 Å². The van der Waals surface area contributed by atoms with Gasteiger partial charge in [-0.1, -0.05) is 39.3 Å². The van der Waals surface area contributed by atoms with Crippen molar-refractivity contribution >= 4 is 6.09 Å². The normalized spacial score (nSPS) is 21.8. The van der Waals surface area contributed by atoms with E-state index in [9.17, 15) is 4.79 Å². The summed E-state index contributed by atoms with van der Waals surface area (Å²) in [5.41, 5.74) is 3.12. The molecule has 7 nitrogen and oxygen atoms in total. The van der Waals surface area contributed by atoms with Crippen LogP contribution in [-0.2, 0) is 17.8 Å². The van der Waals surface area contributed by atoms with Crippen LogP contribution in [0, 0.1) is 22.7 Å². The first-order valence-corrected chi connectivity index (χ1v) is 12.5. The molecule has 2 aromatic rings. The molecule has 0 N–H and O–H groups in total. The van der Waals surface area contributed by atoms with Gasteiger partial charge < -0.3 is 14.2 Å². The molecule has 4 rings (SSSR count). The van der Waals surface area contributed by atoms with Gasteiger partial charge >= 0.3 is 6.09 Å². The second-order valence-corrected chi connectivity index (χ2v) is 10.8. The van der Waals surface area contributed by atoms with Gasteiger partial charge in [0.25, 0.3) is 0 Å². The molecule has 1 aromatic heterocycles. The molecule has 0 radical (unpaired) electrons. The lowest BCUT2D eigenvalue weighted by Gasteiger charge is -2.41. The number of carbonyl (C=O) groups excluding carboxylic acids is 1. The predicted octanol–water partition coefficient (Wildman–Crippen LogP) is 4.66. The van der Waals surface area contributed by atoms with Crippen LogP contribution >= 0.6 is 0 Å². The topological polar surface area (TPSA) is 74.4 Å². The maximum Gasteiger partial charge on any atom is 0.410 e. The summed E-state index contributed by atoms with van der Waals surface area (Å²) in [6.45, 7) is 11.3. The first-order valence-electron chi connectivity index (χ1n) is 12.5. The highest BCUT2D eigenvalue weighted by molar-refractivity contribution is 5.68. The minimum absolute atomic E-state index is 0.0378. The second kappa shape index (κ2) is 10.6. The van der Waals surface area contributed by atoms with Crippen molar-refractivity contribution in [3.05, 3.63) is 53.6 Å². The van der Waals surface area contributed by atoms with E-state index >= 15 is 0 Å². The van der Waals surface area contributed by atoms with Crippen molar-refractivity contribution in [3.8, 4) is 6.07 Å². The average molecular weight is 464 g/mol. The van der Waals surface area contributed by atoms with Gasteiger partial charge in [-0.3, -0.25) is 4.90 Å². The number of aromatic nitrogens is 2. The average Bonchev–Trinajstić information content (AvgIpc) is 3.26. The van der Waals surface area contributed by atoms with Crippen molar-refractivity contribution in [2.45, 2.75) is 65.6 Å². The summed E-state index contributed by atoms with van der Waals surface area (Å²) in [6.07, 6.45) is 8.17. The van der Waals surface area contributed by atoms with Crippen molar-refractivity contribution in [2.75, 3.05) is 26.2 Å². The fourth-order valence-corrected chi connectivity index (χ4v) is 5.25. The Hall–Kier alpha value is -2.85. The van der Waals surface area contributed by atoms with Crippen LogP contribution < -0.4 is 0 Å². The highest BCUT2D eigenvalue weighted by Crippen LogP contribution is 2.39. The van der Waals surface area contributed by atoms with Gasteiger partial charge in [0.15, 0.2) is 0 Å². The molecule has 34 heavy (non-hydrogen) atoms. The summed E-state index contributed by atoms with van der Waals surface area (Å²) >= 11 is 0. The molecule has 182 valence electrons. The molecule has 1 amide bonds.